The van der Waals surface area contributed by atoms with E-state index in [1.165, 1.54) is 23.1 Å². The molecule has 0 unspecified atom stereocenters. The van der Waals surface area contributed by atoms with Crippen molar-refractivity contribution in [3.05, 3.63) is 63.9 Å². The van der Waals surface area contributed by atoms with Gasteiger partial charge in [0.25, 0.3) is 5.91 Å². The number of rotatable bonds is 8. The maximum atomic E-state index is 13.8. The Labute approximate surface area is 179 Å². The molecule has 2 rings (SSSR count). The lowest BCUT2D eigenvalue weighted by Crippen LogP contribution is -2.50. The zero-order valence-corrected chi connectivity index (χ0v) is 17.9. The molecule has 8 heteroatoms. The number of nitrogens with one attached hydrogen (secondary N) is 1. The zero-order chi connectivity index (χ0) is 21.6. The van der Waals surface area contributed by atoms with Crippen LogP contribution in [0.4, 0.5) is 4.39 Å². The highest BCUT2D eigenvalue weighted by molar-refractivity contribution is 6.42. The van der Waals surface area contributed by atoms with Crippen LogP contribution in [0.5, 0.6) is 5.75 Å². The predicted molar refractivity (Wildman–Crippen MR) is 112 cm³/mol. The molecule has 0 spiro atoms. The molecule has 5 nitrogen and oxygen atoms in total. The summed E-state index contributed by atoms with van der Waals surface area (Å²) in [6, 6.07) is 9.93. The van der Waals surface area contributed by atoms with Crippen molar-refractivity contribution in [3.63, 3.8) is 0 Å². The highest BCUT2D eigenvalue weighted by Crippen LogP contribution is 2.24. The smallest absolute Gasteiger partial charge is 0.261 e. The molecule has 2 aromatic carbocycles. The topological polar surface area (TPSA) is 58.6 Å². The van der Waals surface area contributed by atoms with Crippen LogP contribution in [0.1, 0.15) is 26.3 Å². The Hall–Kier alpha value is -2.31. The molecule has 0 bridgehead atoms. The molecule has 2 aromatic rings. The summed E-state index contributed by atoms with van der Waals surface area (Å²) in [4.78, 5) is 26.7. The van der Waals surface area contributed by atoms with E-state index >= 15 is 0 Å². The first-order valence-corrected chi connectivity index (χ1v) is 9.85. The van der Waals surface area contributed by atoms with Crippen molar-refractivity contribution < 1.29 is 18.7 Å². The van der Waals surface area contributed by atoms with Crippen LogP contribution in [0.3, 0.4) is 0 Å². The lowest BCUT2D eigenvalue weighted by Gasteiger charge is -2.29. The summed E-state index contributed by atoms with van der Waals surface area (Å²) in [5, 5.41) is 3.52. The molecule has 2 amide bonds. The van der Waals surface area contributed by atoms with Gasteiger partial charge in [0.15, 0.2) is 18.2 Å². The summed E-state index contributed by atoms with van der Waals surface area (Å²) >= 11 is 12.0. The van der Waals surface area contributed by atoms with Gasteiger partial charge in [-0.2, -0.15) is 0 Å². The maximum Gasteiger partial charge on any atom is 0.261 e. The maximum absolute atomic E-state index is 13.8. The van der Waals surface area contributed by atoms with Crippen molar-refractivity contribution >= 4 is 35.0 Å². The molecule has 1 atom stereocenters. The highest BCUT2D eigenvalue weighted by atomic mass is 35.5. The molecule has 0 heterocycles. The molecule has 0 fully saturated rings. The van der Waals surface area contributed by atoms with Crippen LogP contribution in [0.25, 0.3) is 0 Å². The normalized spacial score (nSPS) is 11.8. The Morgan fingerprint density at radius 2 is 1.79 bits per heavy atom. The summed E-state index contributed by atoms with van der Waals surface area (Å²) < 4.78 is 19.1. The van der Waals surface area contributed by atoms with Crippen LogP contribution < -0.4 is 10.1 Å². The lowest BCUT2D eigenvalue weighted by molar-refractivity contribution is -0.142. The molecule has 29 heavy (non-hydrogen) atoms. The van der Waals surface area contributed by atoms with Crippen LogP contribution in [0.2, 0.25) is 10.0 Å². The second-order valence-electron chi connectivity index (χ2n) is 6.83. The first-order chi connectivity index (χ1) is 13.7. The monoisotopic (exact) mass is 440 g/mol. The molecular formula is C21H23Cl2FN2O3. The fraction of sp³-hybridized carbons (Fsp3) is 0.333. The van der Waals surface area contributed by atoms with Gasteiger partial charge in [0.2, 0.25) is 5.91 Å². The minimum absolute atomic E-state index is 0.0328. The number of nitrogens with zero attached hydrogens (tertiary/aromatic N) is 1. The van der Waals surface area contributed by atoms with Gasteiger partial charge in [-0.25, -0.2) is 4.39 Å². The van der Waals surface area contributed by atoms with Gasteiger partial charge < -0.3 is 15.0 Å². The lowest BCUT2D eigenvalue weighted by atomic mass is 10.1. The molecule has 156 valence electrons. The summed E-state index contributed by atoms with van der Waals surface area (Å²) in [6.07, 6.45) is 0. The van der Waals surface area contributed by atoms with Gasteiger partial charge in [-0.3, -0.25) is 9.59 Å². The van der Waals surface area contributed by atoms with E-state index in [1.807, 2.05) is 13.8 Å². The Kier molecular flexibility index (Phi) is 8.29. The van der Waals surface area contributed by atoms with Gasteiger partial charge >= 0.3 is 0 Å². The summed E-state index contributed by atoms with van der Waals surface area (Å²) in [6.45, 7) is 4.98. The van der Waals surface area contributed by atoms with E-state index in [0.29, 0.717) is 15.6 Å². The zero-order valence-electron chi connectivity index (χ0n) is 16.4. The number of carbonyl (C=O) groups excluding carboxylic acids is 2. The summed E-state index contributed by atoms with van der Waals surface area (Å²) in [7, 11) is 0. The number of benzene rings is 2. The molecular weight excluding hydrogens is 418 g/mol. The number of para-hydroxylation sites is 1. The van der Waals surface area contributed by atoms with E-state index in [9.17, 15) is 14.0 Å². The molecule has 0 aliphatic carbocycles. The fourth-order valence-electron chi connectivity index (χ4n) is 2.61. The Bertz CT molecular complexity index is 877. The SMILES string of the molecule is CC(C)NC(=O)[C@@H](C)N(Cc1ccc(Cl)c(Cl)c1)C(=O)COc1ccccc1F. The van der Waals surface area contributed by atoms with E-state index in [4.69, 9.17) is 27.9 Å². The summed E-state index contributed by atoms with van der Waals surface area (Å²) in [5.41, 5.74) is 0.697. The van der Waals surface area contributed by atoms with Crippen LogP contribution in [-0.4, -0.2) is 35.4 Å². The number of hydrogen-bond donors (Lipinski definition) is 1. The van der Waals surface area contributed by atoms with E-state index in [-0.39, 0.29) is 24.2 Å². The van der Waals surface area contributed by atoms with Crippen molar-refractivity contribution in [1.82, 2.24) is 10.2 Å². The van der Waals surface area contributed by atoms with E-state index < -0.39 is 24.4 Å². The van der Waals surface area contributed by atoms with Crippen LogP contribution in [-0.2, 0) is 16.1 Å². The van der Waals surface area contributed by atoms with Crippen LogP contribution in [0, 0.1) is 5.82 Å². The number of ether oxygens (including phenoxy) is 1. The van der Waals surface area contributed by atoms with E-state index in [1.54, 1.807) is 31.2 Å². The third-order valence-corrected chi connectivity index (χ3v) is 4.86. The minimum atomic E-state index is -0.774. The average molecular weight is 441 g/mol. The molecule has 1 N–H and O–H groups in total. The largest absolute Gasteiger partial charge is 0.481 e. The second kappa shape index (κ2) is 10.5. The molecule has 0 aliphatic rings. The number of carbonyl (C=O) groups is 2. The molecule has 0 radical (unpaired) electrons. The van der Waals surface area contributed by atoms with Crippen molar-refractivity contribution in [2.75, 3.05) is 6.61 Å². The fourth-order valence-corrected chi connectivity index (χ4v) is 2.93. The minimum Gasteiger partial charge on any atom is -0.481 e. The number of halogens is 3. The van der Waals surface area contributed by atoms with Crippen molar-refractivity contribution in [3.8, 4) is 5.75 Å². The highest BCUT2D eigenvalue weighted by Gasteiger charge is 2.27. The third kappa shape index (κ3) is 6.61. The van der Waals surface area contributed by atoms with Crippen molar-refractivity contribution in [1.29, 1.82) is 0 Å². The quantitative estimate of drug-likeness (QED) is 0.659. The van der Waals surface area contributed by atoms with Gasteiger partial charge in [-0.15, -0.1) is 0 Å². The number of hydrogen-bond acceptors (Lipinski definition) is 3. The average Bonchev–Trinajstić information content (AvgIpc) is 2.67. The predicted octanol–water partition coefficient (Wildman–Crippen LogP) is 4.45. The van der Waals surface area contributed by atoms with E-state index in [0.717, 1.165) is 0 Å². The van der Waals surface area contributed by atoms with Gasteiger partial charge in [0.1, 0.15) is 6.04 Å². The Morgan fingerprint density at radius 3 is 2.41 bits per heavy atom. The summed E-state index contributed by atoms with van der Waals surface area (Å²) in [5.74, 6) is -1.37. The Morgan fingerprint density at radius 1 is 1.10 bits per heavy atom. The standard InChI is InChI=1S/C21H23Cl2FN2O3/c1-13(2)25-21(28)14(3)26(11-15-8-9-16(22)17(23)10-15)20(27)12-29-19-7-5-4-6-18(19)24/h4-10,13-14H,11-12H2,1-3H3,(H,25,28)/t14-/m1/s1. The second-order valence-corrected chi connectivity index (χ2v) is 7.64. The number of amides is 2. The van der Waals surface area contributed by atoms with Gasteiger partial charge in [-0.1, -0.05) is 41.4 Å². The molecule has 0 aliphatic heterocycles. The van der Waals surface area contributed by atoms with Gasteiger partial charge in [0.05, 0.1) is 10.0 Å². The molecule has 0 saturated carbocycles. The van der Waals surface area contributed by atoms with Gasteiger partial charge in [-0.05, 0) is 50.6 Å². The third-order valence-electron chi connectivity index (χ3n) is 4.12. The van der Waals surface area contributed by atoms with Gasteiger partial charge in [0, 0.05) is 12.6 Å². The van der Waals surface area contributed by atoms with E-state index in [2.05, 4.69) is 5.32 Å². The Balaban J connectivity index is 2.20. The molecule has 0 saturated heterocycles. The first kappa shape index (κ1) is 23.0. The van der Waals surface area contributed by atoms with Crippen molar-refractivity contribution in [2.45, 2.75) is 39.4 Å². The van der Waals surface area contributed by atoms with Crippen LogP contribution in [0.15, 0.2) is 42.5 Å². The van der Waals surface area contributed by atoms with Crippen molar-refractivity contribution in [2.24, 2.45) is 0 Å². The van der Waals surface area contributed by atoms with Crippen LogP contribution >= 0.6 is 23.2 Å². The molecule has 0 aromatic heterocycles. The first-order valence-electron chi connectivity index (χ1n) is 9.10.